The molecule has 2 aliphatic heterocycles. The van der Waals surface area contributed by atoms with E-state index in [0.29, 0.717) is 51.3 Å². The Morgan fingerprint density at radius 3 is 2.36 bits per heavy atom. The van der Waals surface area contributed by atoms with Gasteiger partial charge in [-0.05, 0) is 58.9 Å². The van der Waals surface area contributed by atoms with E-state index in [1.54, 1.807) is 13.8 Å². The molecule has 2 amide bonds. The first-order valence-electron chi connectivity index (χ1n) is 14.6. The molecule has 0 aromatic heterocycles. The topological polar surface area (TPSA) is 136 Å². The summed E-state index contributed by atoms with van der Waals surface area (Å²) in [5, 5.41) is 15.8. The van der Waals surface area contributed by atoms with Gasteiger partial charge in [0.1, 0.15) is 11.6 Å². The first kappa shape index (κ1) is 30.7. The molecule has 2 saturated heterocycles. The van der Waals surface area contributed by atoms with E-state index in [2.05, 4.69) is 21.6 Å². The Balaban J connectivity index is 1.89. The molecule has 2 N–H and O–H groups in total. The summed E-state index contributed by atoms with van der Waals surface area (Å²) in [6, 6.07) is 1.58. The average molecular weight is 547 g/mol. The number of nitrogens with one attached hydrogen (secondary N) is 2. The lowest BCUT2D eigenvalue weighted by Gasteiger charge is -2.37. The number of esters is 1. The molecule has 1 saturated carbocycles. The van der Waals surface area contributed by atoms with Gasteiger partial charge < -0.3 is 24.6 Å². The average Bonchev–Trinajstić information content (AvgIpc) is 2.94. The molecular weight excluding hydrogens is 500 g/mol. The maximum Gasteiger partial charge on any atom is 0.413 e. The van der Waals surface area contributed by atoms with E-state index in [4.69, 9.17) is 14.5 Å². The maximum atomic E-state index is 13.8. The van der Waals surface area contributed by atoms with E-state index in [1.807, 2.05) is 11.9 Å². The van der Waals surface area contributed by atoms with Crippen molar-refractivity contribution in [1.29, 1.82) is 5.26 Å². The molecule has 3 rings (SSSR count). The number of aliphatic imine (C=N–C) groups is 1. The Bertz CT molecular complexity index is 905. The molecule has 0 aromatic rings. The van der Waals surface area contributed by atoms with Crippen LogP contribution in [0.5, 0.6) is 0 Å². The number of rotatable bonds is 8. The lowest BCUT2D eigenvalue weighted by Crippen LogP contribution is -2.56. The summed E-state index contributed by atoms with van der Waals surface area (Å²) in [6.45, 7) is 6.35. The van der Waals surface area contributed by atoms with Crippen molar-refractivity contribution in [1.82, 2.24) is 20.4 Å². The summed E-state index contributed by atoms with van der Waals surface area (Å²) in [6.07, 6.45) is 7.89. The van der Waals surface area contributed by atoms with Gasteiger partial charge in [0, 0.05) is 26.2 Å². The van der Waals surface area contributed by atoms with Crippen LogP contribution in [0.3, 0.4) is 0 Å². The standard InChI is InChI=1S/C28H46N6O5/c1-4-38-25(36)22-12-9-15-34(19-22)26(31-27(37)39-5-2)30-23(18-21-10-7-6-8-11-21)24(35)32-28(20-29)13-16-33(3)17-14-28/h21-23H,4-19H2,1-3H3,(H,32,35)(H,30,31,37)/t22?,23-/m0/s1. The fourth-order valence-electron chi connectivity index (χ4n) is 5.76. The zero-order chi connectivity index (χ0) is 28.3. The molecule has 218 valence electrons. The monoisotopic (exact) mass is 546 g/mol. The van der Waals surface area contributed by atoms with Crippen LogP contribution in [0, 0.1) is 23.2 Å². The zero-order valence-electron chi connectivity index (χ0n) is 23.9. The van der Waals surface area contributed by atoms with Gasteiger partial charge in [0.25, 0.3) is 0 Å². The molecule has 0 radical (unpaired) electrons. The number of hydrogen-bond donors (Lipinski definition) is 2. The van der Waals surface area contributed by atoms with Crippen LogP contribution in [-0.2, 0) is 19.1 Å². The minimum Gasteiger partial charge on any atom is -0.466 e. The highest BCUT2D eigenvalue weighted by Crippen LogP contribution is 2.29. The smallest absolute Gasteiger partial charge is 0.413 e. The summed E-state index contributed by atoms with van der Waals surface area (Å²) in [5.74, 6) is -0.347. The quantitative estimate of drug-likeness (QED) is 0.269. The molecule has 3 aliphatic rings. The van der Waals surface area contributed by atoms with Gasteiger partial charge in [-0.2, -0.15) is 5.26 Å². The van der Waals surface area contributed by atoms with Crippen molar-refractivity contribution < 1.29 is 23.9 Å². The summed E-state index contributed by atoms with van der Waals surface area (Å²) in [4.78, 5) is 47.7. The number of hydrogen-bond acceptors (Lipinski definition) is 8. The number of amides is 2. The van der Waals surface area contributed by atoms with E-state index in [-0.39, 0.29) is 30.4 Å². The molecule has 11 nitrogen and oxygen atoms in total. The van der Waals surface area contributed by atoms with Crippen LogP contribution < -0.4 is 10.6 Å². The van der Waals surface area contributed by atoms with Crippen molar-refractivity contribution in [3.63, 3.8) is 0 Å². The van der Waals surface area contributed by atoms with Crippen molar-refractivity contribution in [2.24, 2.45) is 16.8 Å². The highest BCUT2D eigenvalue weighted by molar-refractivity contribution is 5.96. The number of piperidine rings is 2. The fraction of sp³-hybridized carbons (Fsp3) is 0.821. The number of ether oxygens (including phenoxy) is 2. The van der Waals surface area contributed by atoms with Gasteiger partial charge >= 0.3 is 12.1 Å². The molecule has 2 atom stereocenters. The van der Waals surface area contributed by atoms with Gasteiger partial charge in [-0.15, -0.1) is 0 Å². The second kappa shape index (κ2) is 15.1. The molecule has 0 aromatic carbocycles. The fourth-order valence-corrected chi connectivity index (χ4v) is 5.76. The number of carbonyl (C=O) groups excluding carboxylic acids is 3. The Labute approximate surface area is 232 Å². The third-order valence-corrected chi connectivity index (χ3v) is 8.11. The second-order valence-corrected chi connectivity index (χ2v) is 11.1. The normalized spacial score (nSPS) is 23.3. The minimum atomic E-state index is -0.932. The SMILES string of the molecule is CCOC(=O)NC(=N[C@@H](CC1CCCCC1)C(=O)NC1(C#N)CCN(C)CC1)N1CCCC(C(=O)OCC)C1. The third-order valence-electron chi connectivity index (χ3n) is 8.11. The molecule has 3 fully saturated rings. The predicted octanol–water partition coefficient (Wildman–Crippen LogP) is 2.81. The van der Waals surface area contributed by atoms with Gasteiger partial charge in [0.05, 0.1) is 25.2 Å². The van der Waals surface area contributed by atoms with E-state index < -0.39 is 17.7 Å². The number of carbonyl (C=O) groups is 3. The van der Waals surface area contributed by atoms with Gasteiger partial charge in [-0.25, -0.2) is 9.79 Å². The van der Waals surface area contributed by atoms with Crippen molar-refractivity contribution in [2.75, 3.05) is 46.4 Å². The van der Waals surface area contributed by atoms with Crippen molar-refractivity contribution in [2.45, 2.75) is 89.6 Å². The van der Waals surface area contributed by atoms with E-state index >= 15 is 0 Å². The van der Waals surface area contributed by atoms with Gasteiger partial charge in [0.2, 0.25) is 11.9 Å². The van der Waals surface area contributed by atoms with Crippen LogP contribution in [0.2, 0.25) is 0 Å². The third kappa shape index (κ3) is 9.09. The predicted molar refractivity (Wildman–Crippen MR) is 147 cm³/mol. The minimum absolute atomic E-state index is 0.190. The van der Waals surface area contributed by atoms with Crippen LogP contribution in [0.1, 0.15) is 78.1 Å². The Kier molecular flexibility index (Phi) is 11.8. The summed E-state index contributed by atoms with van der Waals surface area (Å²) in [7, 11) is 2.01. The second-order valence-electron chi connectivity index (χ2n) is 11.1. The Morgan fingerprint density at radius 1 is 1.03 bits per heavy atom. The zero-order valence-corrected chi connectivity index (χ0v) is 23.9. The van der Waals surface area contributed by atoms with Gasteiger partial charge in [0.15, 0.2) is 0 Å². The van der Waals surface area contributed by atoms with E-state index in [1.165, 1.54) is 6.42 Å². The molecule has 11 heteroatoms. The van der Waals surface area contributed by atoms with Crippen LogP contribution >= 0.6 is 0 Å². The summed E-state index contributed by atoms with van der Waals surface area (Å²) >= 11 is 0. The van der Waals surface area contributed by atoms with E-state index in [9.17, 15) is 19.6 Å². The largest absolute Gasteiger partial charge is 0.466 e. The van der Waals surface area contributed by atoms with Crippen LogP contribution in [0.25, 0.3) is 0 Å². The van der Waals surface area contributed by atoms with Crippen molar-refractivity contribution >= 4 is 23.9 Å². The first-order chi connectivity index (χ1) is 18.8. The molecule has 1 unspecified atom stereocenters. The van der Waals surface area contributed by atoms with Crippen molar-refractivity contribution in [3.8, 4) is 6.07 Å². The van der Waals surface area contributed by atoms with Crippen LogP contribution in [0.4, 0.5) is 4.79 Å². The molecule has 0 bridgehead atoms. The van der Waals surface area contributed by atoms with Crippen molar-refractivity contribution in [3.05, 3.63) is 0 Å². The molecule has 39 heavy (non-hydrogen) atoms. The van der Waals surface area contributed by atoms with Gasteiger partial charge in [-0.3, -0.25) is 14.9 Å². The molecular formula is C28H46N6O5. The highest BCUT2D eigenvalue weighted by atomic mass is 16.5. The summed E-state index contributed by atoms with van der Waals surface area (Å²) in [5.41, 5.74) is -0.932. The number of nitrogens with zero attached hydrogens (tertiary/aromatic N) is 4. The summed E-state index contributed by atoms with van der Waals surface area (Å²) < 4.78 is 10.4. The van der Waals surface area contributed by atoms with Crippen LogP contribution in [-0.4, -0.2) is 91.8 Å². The Hall–Kier alpha value is -2.87. The number of guanidine groups is 1. The van der Waals surface area contributed by atoms with Crippen LogP contribution in [0.15, 0.2) is 4.99 Å². The molecule has 1 aliphatic carbocycles. The first-order valence-corrected chi connectivity index (χ1v) is 14.6. The number of nitriles is 1. The highest BCUT2D eigenvalue weighted by Gasteiger charge is 2.38. The lowest BCUT2D eigenvalue weighted by molar-refractivity contribution is -0.149. The Morgan fingerprint density at radius 2 is 1.72 bits per heavy atom. The maximum absolute atomic E-state index is 13.8. The number of alkyl carbamates (subject to hydrolysis) is 1. The van der Waals surface area contributed by atoms with Gasteiger partial charge in [-0.1, -0.05) is 32.1 Å². The molecule has 0 spiro atoms. The number of likely N-dealkylation sites (tertiary alicyclic amines) is 2. The molecule has 2 heterocycles. The lowest BCUT2D eigenvalue weighted by atomic mass is 9.84. The van der Waals surface area contributed by atoms with E-state index in [0.717, 1.165) is 45.2 Å².